The van der Waals surface area contributed by atoms with Crippen LogP contribution in [0.2, 0.25) is 0 Å². The van der Waals surface area contributed by atoms with Crippen LogP contribution in [0.25, 0.3) is 0 Å². The van der Waals surface area contributed by atoms with Gasteiger partial charge in [-0.2, -0.15) is 13.2 Å². The van der Waals surface area contributed by atoms with Gasteiger partial charge in [-0.05, 0) is 75.6 Å². The van der Waals surface area contributed by atoms with Gasteiger partial charge >= 0.3 is 6.18 Å². The van der Waals surface area contributed by atoms with Crippen LogP contribution in [0.4, 0.5) is 13.2 Å². The van der Waals surface area contributed by atoms with Crippen LogP contribution in [-0.4, -0.2) is 58.5 Å². The van der Waals surface area contributed by atoms with Crippen molar-refractivity contribution in [1.29, 1.82) is 0 Å². The number of amides is 2. The molecule has 5 rings (SSSR count). The van der Waals surface area contributed by atoms with Crippen LogP contribution in [0.5, 0.6) is 0 Å². The molecule has 2 aromatic rings. The van der Waals surface area contributed by atoms with Crippen LogP contribution in [-0.2, 0) is 25.9 Å². The van der Waals surface area contributed by atoms with Crippen molar-refractivity contribution in [3.8, 4) is 0 Å². The van der Waals surface area contributed by atoms with Gasteiger partial charge in [0.15, 0.2) is 0 Å². The van der Waals surface area contributed by atoms with Gasteiger partial charge < -0.3 is 10.2 Å². The van der Waals surface area contributed by atoms with Gasteiger partial charge in [0.2, 0.25) is 0 Å². The van der Waals surface area contributed by atoms with E-state index in [-0.39, 0.29) is 24.3 Å². The molecule has 1 aromatic carbocycles. The topological polar surface area (TPSA) is 65.5 Å². The number of benzene rings is 1. The summed E-state index contributed by atoms with van der Waals surface area (Å²) in [5, 5.41) is 3.82. The van der Waals surface area contributed by atoms with Crippen molar-refractivity contribution in [3.63, 3.8) is 0 Å². The first-order valence-corrected chi connectivity index (χ1v) is 14.5. The molecule has 1 fully saturated rings. The first-order valence-electron chi connectivity index (χ1n) is 13.7. The fraction of sp³-hybridized carbons (Fsp3) is 0.607. The molecule has 6 nitrogen and oxygen atoms in total. The maximum absolute atomic E-state index is 13.1. The molecular weight excluding hydrogens is 513 g/mol. The lowest BCUT2D eigenvalue weighted by molar-refractivity contribution is -0.134. The molecule has 3 heterocycles. The molecule has 0 bridgehead atoms. The smallest absolute Gasteiger partial charge is 0.349 e. The minimum absolute atomic E-state index is 0.000684. The molecule has 0 spiro atoms. The summed E-state index contributed by atoms with van der Waals surface area (Å²) in [5.41, 5.74) is 3.05. The summed E-state index contributed by atoms with van der Waals surface area (Å²) in [7, 11) is 0. The Bertz CT molecular complexity index is 1170. The van der Waals surface area contributed by atoms with Crippen molar-refractivity contribution >= 4 is 23.2 Å². The molecular formula is C28H35F3N4O2S. The van der Waals surface area contributed by atoms with E-state index in [1.165, 1.54) is 11.3 Å². The number of rotatable bonds is 8. The zero-order chi connectivity index (χ0) is 26.9. The minimum atomic E-state index is -4.14. The molecule has 3 aliphatic rings. The lowest BCUT2D eigenvalue weighted by Gasteiger charge is -2.32. The predicted molar refractivity (Wildman–Crippen MR) is 140 cm³/mol. The van der Waals surface area contributed by atoms with E-state index in [1.54, 1.807) is 17.0 Å². The van der Waals surface area contributed by atoms with Crippen molar-refractivity contribution in [2.45, 2.75) is 83.6 Å². The van der Waals surface area contributed by atoms with Crippen molar-refractivity contribution in [1.82, 2.24) is 20.1 Å². The van der Waals surface area contributed by atoms with E-state index in [2.05, 4.69) is 15.2 Å². The molecule has 1 aliphatic carbocycles. The fourth-order valence-electron chi connectivity index (χ4n) is 5.94. The van der Waals surface area contributed by atoms with E-state index in [1.807, 2.05) is 13.0 Å². The molecule has 2 amide bonds. The van der Waals surface area contributed by atoms with Crippen LogP contribution in [0.3, 0.4) is 0 Å². The summed E-state index contributed by atoms with van der Waals surface area (Å²) in [6, 6.07) is 5.56. The zero-order valence-electron chi connectivity index (χ0n) is 21.8. The van der Waals surface area contributed by atoms with Gasteiger partial charge in [-0.1, -0.05) is 6.07 Å². The van der Waals surface area contributed by atoms with Crippen molar-refractivity contribution in [2.24, 2.45) is 5.92 Å². The standard InChI is InChI=1S/C28H35F3N4O2S/c1-2-35-16-22-20(4-3-5-21(22)27(35)37)26(36)32-19-8-6-18(7-9-19)11-14-34-15-12-24-23(17-34)33-25(38-24)10-13-28(29,30)31/h3-5,18-19H,2,6-17H2,1H3,(H,32,36)/t18-,19-. The second-order valence-electron chi connectivity index (χ2n) is 10.7. The minimum Gasteiger partial charge on any atom is -0.349 e. The summed E-state index contributed by atoms with van der Waals surface area (Å²) in [6.45, 7) is 5.69. The Morgan fingerprint density at radius 3 is 2.71 bits per heavy atom. The number of nitrogens with one attached hydrogen (secondary N) is 1. The second kappa shape index (κ2) is 11.3. The number of hydrogen-bond donors (Lipinski definition) is 1. The Labute approximate surface area is 225 Å². The Hall–Kier alpha value is -2.46. The Balaban J connectivity index is 1.06. The first-order chi connectivity index (χ1) is 18.2. The predicted octanol–water partition coefficient (Wildman–Crippen LogP) is 5.35. The number of carbonyl (C=O) groups is 2. The van der Waals surface area contributed by atoms with E-state index >= 15 is 0 Å². The lowest BCUT2D eigenvalue weighted by atomic mass is 9.83. The molecule has 1 aromatic heterocycles. The number of aryl methyl sites for hydroxylation is 1. The highest BCUT2D eigenvalue weighted by Gasteiger charge is 2.32. The third-order valence-electron chi connectivity index (χ3n) is 8.18. The van der Waals surface area contributed by atoms with Gasteiger partial charge in [-0.25, -0.2) is 4.98 Å². The summed E-state index contributed by atoms with van der Waals surface area (Å²) in [5.74, 6) is 0.524. The highest BCUT2D eigenvalue weighted by atomic mass is 32.1. The number of halogens is 3. The highest BCUT2D eigenvalue weighted by molar-refractivity contribution is 7.11. The van der Waals surface area contributed by atoms with Gasteiger partial charge in [0, 0.05) is 61.1 Å². The van der Waals surface area contributed by atoms with Crippen LogP contribution in [0, 0.1) is 5.92 Å². The molecule has 10 heteroatoms. The lowest BCUT2D eigenvalue weighted by Crippen LogP contribution is -2.38. The van der Waals surface area contributed by atoms with Gasteiger partial charge in [0.25, 0.3) is 11.8 Å². The average molecular weight is 549 g/mol. The molecule has 206 valence electrons. The molecule has 1 N–H and O–H groups in total. The Morgan fingerprint density at radius 2 is 1.97 bits per heavy atom. The Morgan fingerprint density at radius 1 is 1.18 bits per heavy atom. The van der Waals surface area contributed by atoms with Crippen LogP contribution in [0.1, 0.15) is 87.3 Å². The van der Waals surface area contributed by atoms with E-state index in [4.69, 9.17) is 0 Å². The second-order valence-corrected chi connectivity index (χ2v) is 11.9. The molecule has 0 radical (unpaired) electrons. The van der Waals surface area contributed by atoms with E-state index in [0.29, 0.717) is 35.1 Å². The number of hydrogen-bond acceptors (Lipinski definition) is 5. The number of carbonyl (C=O) groups excluding carboxylic acids is 2. The van der Waals surface area contributed by atoms with E-state index in [0.717, 1.165) is 74.3 Å². The third-order valence-corrected chi connectivity index (χ3v) is 9.40. The number of aromatic nitrogens is 1. The maximum Gasteiger partial charge on any atom is 0.389 e. The van der Waals surface area contributed by atoms with Gasteiger partial charge in [-0.15, -0.1) is 11.3 Å². The largest absolute Gasteiger partial charge is 0.389 e. The van der Waals surface area contributed by atoms with Gasteiger partial charge in [0.05, 0.1) is 10.7 Å². The van der Waals surface area contributed by atoms with Crippen molar-refractivity contribution < 1.29 is 22.8 Å². The Kier molecular flexibility index (Phi) is 8.09. The van der Waals surface area contributed by atoms with E-state index < -0.39 is 12.6 Å². The monoisotopic (exact) mass is 548 g/mol. The maximum atomic E-state index is 13.1. The number of alkyl halides is 3. The zero-order valence-corrected chi connectivity index (χ0v) is 22.6. The van der Waals surface area contributed by atoms with Gasteiger partial charge in [-0.3, -0.25) is 14.5 Å². The molecule has 2 aliphatic heterocycles. The van der Waals surface area contributed by atoms with Crippen LogP contribution >= 0.6 is 11.3 Å². The van der Waals surface area contributed by atoms with Crippen molar-refractivity contribution in [2.75, 3.05) is 19.6 Å². The molecule has 38 heavy (non-hydrogen) atoms. The van der Waals surface area contributed by atoms with Gasteiger partial charge in [0.1, 0.15) is 0 Å². The average Bonchev–Trinajstić information content (AvgIpc) is 3.46. The molecule has 1 saturated carbocycles. The summed E-state index contributed by atoms with van der Waals surface area (Å²) in [4.78, 5) is 35.3. The summed E-state index contributed by atoms with van der Waals surface area (Å²) < 4.78 is 37.6. The summed E-state index contributed by atoms with van der Waals surface area (Å²) in [6.07, 6.45) is 1.01. The molecule has 0 atom stereocenters. The van der Waals surface area contributed by atoms with Crippen LogP contribution < -0.4 is 5.32 Å². The highest BCUT2D eigenvalue weighted by Crippen LogP contribution is 2.31. The SMILES string of the molecule is CCN1Cc2c(C(=O)N[C@H]3CC[C@H](CCN4CCc5sc(CCC(F)(F)F)nc5C4)CC3)cccc2C1=O. The molecule has 0 unspecified atom stereocenters. The normalized spacial score (nSPS) is 21.9. The van der Waals surface area contributed by atoms with E-state index in [9.17, 15) is 22.8 Å². The van der Waals surface area contributed by atoms with Crippen LogP contribution in [0.15, 0.2) is 18.2 Å². The number of nitrogens with zero attached hydrogens (tertiary/aromatic N) is 3. The number of thiazole rings is 1. The fourth-order valence-corrected chi connectivity index (χ4v) is 7.00. The quantitative estimate of drug-likeness (QED) is 0.483. The van der Waals surface area contributed by atoms with Crippen molar-refractivity contribution in [3.05, 3.63) is 50.5 Å². The summed E-state index contributed by atoms with van der Waals surface area (Å²) >= 11 is 1.44. The number of fused-ring (bicyclic) bond motifs is 2. The first kappa shape index (κ1) is 27.1. The molecule has 0 saturated heterocycles. The third kappa shape index (κ3) is 6.22.